The Morgan fingerprint density at radius 2 is 1.90 bits per heavy atom. The molecule has 9 heteroatoms. The van der Waals surface area contributed by atoms with E-state index in [-0.39, 0.29) is 9.77 Å². The SMILES string of the molecule is O=S(=O)(NCCC(F)(F)F)c1c(CO)sc2ccccc12. The summed E-state index contributed by atoms with van der Waals surface area (Å²) in [4.78, 5) is 0.0588. The van der Waals surface area contributed by atoms with E-state index in [1.165, 1.54) is 0 Å². The fourth-order valence-electron chi connectivity index (χ4n) is 1.87. The van der Waals surface area contributed by atoms with Crippen LogP contribution in [0, 0.1) is 0 Å². The van der Waals surface area contributed by atoms with Gasteiger partial charge in [0.2, 0.25) is 10.0 Å². The van der Waals surface area contributed by atoms with Gasteiger partial charge in [-0.1, -0.05) is 18.2 Å². The van der Waals surface area contributed by atoms with Gasteiger partial charge >= 0.3 is 6.18 Å². The van der Waals surface area contributed by atoms with Crippen molar-refractivity contribution < 1.29 is 26.7 Å². The number of hydrogen-bond acceptors (Lipinski definition) is 4. The molecule has 0 aliphatic heterocycles. The van der Waals surface area contributed by atoms with E-state index >= 15 is 0 Å². The van der Waals surface area contributed by atoms with Crippen LogP contribution in [0.5, 0.6) is 0 Å². The summed E-state index contributed by atoms with van der Waals surface area (Å²) in [7, 11) is -4.11. The van der Waals surface area contributed by atoms with Gasteiger partial charge in [-0.3, -0.25) is 0 Å². The van der Waals surface area contributed by atoms with E-state index in [9.17, 15) is 26.7 Å². The average molecular weight is 339 g/mol. The van der Waals surface area contributed by atoms with Crippen molar-refractivity contribution in [1.29, 1.82) is 0 Å². The summed E-state index contributed by atoms with van der Waals surface area (Å²) in [6.07, 6.45) is -5.68. The van der Waals surface area contributed by atoms with Crippen LogP contribution in [0.15, 0.2) is 29.2 Å². The zero-order chi connectivity index (χ0) is 15.7. The largest absolute Gasteiger partial charge is 0.391 e. The number of aliphatic hydroxyl groups excluding tert-OH is 1. The molecule has 21 heavy (non-hydrogen) atoms. The Bertz CT molecular complexity index is 738. The summed E-state index contributed by atoms with van der Waals surface area (Å²) in [6, 6.07) is 6.59. The molecule has 0 amide bonds. The maximum absolute atomic E-state index is 12.2. The van der Waals surface area contributed by atoms with Gasteiger partial charge in [-0.15, -0.1) is 11.3 Å². The van der Waals surface area contributed by atoms with Crippen LogP contribution in [0.4, 0.5) is 13.2 Å². The van der Waals surface area contributed by atoms with Crippen LogP contribution in [0.1, 0.15) is 11.3 Å². The summed E-state index contributed by atoms with van der Waals surface area (Å²) >= 11 is 1.10. The number of benzene rings is 1. The van der Waals surface area contributed by atoms with Gasteiger partial charge in [0.15, 0.2) is 0 Å². The smallest absolute Gasteiger partial charge is 0.390 e. The molecule has 0 fully saturated rings. The van der Waals surface area contributed by atoms with Crippen LogP contribution < -0.4 is 4.72 Å². The van der Waals surface area contributed by atoms with E-state index in [2.05, 4.69) is 0 Å². The molecule has 0 spiro atoms. The molecule has 2 rings (SSSR count). The van der Waals surface area contributed by atoms with Crippen LogP contribution in [0.3, 0.4) is 0 Å². The summed E-state index contributed by atoms with van der Waals surface area (Å²) < 4.78 is 63.3. The lowest BCUT2D eigenvalue weighted by molar-refractivity contribution is -0.132. The molecule has 0 aliphatic carbocycles. The average Bonchev–Trinajstić information content (AvgIpc) is 2.75. The van der Waals surface area contributed by atoms with Crippen molar-refractivity contribution in [1.82, 2.24) is 4.72 Å². The molecule has 1 aromatic carbocycles. The lowest BCUT2D eigenvalue weighted by atomic mass is 10.2. The molecule has 116 valence electrons. The minimum Gasteiger partial charge on any atom is -0.391 e. The Balaban J connectivity index is 2.35. The number of aliphatic hydroxyl groups is 1. The quantitative estimate of drug-likeness (QED) is 0.880. The highest BCUT2D eigenvalue weighted by Gasteiger charge is 2.29. The molecule has 2 aromatic rings. The fourth-order valence-corrected chi connectivity index (χ4v) is 4.70. The molecule has 0 atom stereocenters. The standard InChI is InChI=1S/C12H12F3NO3S2/c13-12(14,15)5-6-16-21(18,19)11-8-3-1-2-4-9(8)20-10(11)7-17/h1-4,16-17H,5-7H2. The van der Waals surface area contributed by atoms with Crippen LogP contribution in [-0.4, -0.2) is 26.2 Å². The number of sulfonamides is 1. The Morgan fingerprint density at radius 1 is 1.24 bits per heavy atom. The third-order valence-corrected chi connectivity index (χ3v) is 5.60. The third-order valence-electron chi connectivity index (χ3n) is 2.73. The van der Waals surface area contributed by atoms with Gasteiger partial charge in [-0.25, -0.2) is 13.1 Å². The lowest BCUT2D eigenvalue weighted by Crippen LogP contribution is -2.28. The van der Waals surface area contributed by atoms with E-state index in [1.807, 2.05) is 4.72 Å². The Kier molecular flexibility index (Phi) is 4.57. The molecule has 0 saturated carbocycles. The monoisotopic (exact) mass is 339 g/mol. The fraction of sp³-hybridized carbons (Fsp3) is 0.333. The number of thiophene rings is 1. The molecular formula is C12H12F3NO3S2. The highest BCUT2D eigenvalue weighted by molar-refractivity contribution is 7.90. The number of alkyl halides is 3. The van der Waals surface area contributed by atoms with Gasteiger partial charge in [0.25, 0.3) is 0 Å². The second kappa shape index (κ2) is 5.91. The van der Waals surface area contributed by atoms with Crippen LogP contribution in [0.2, 0.25) is 0 Å². The highest BCUT2D eigenvalue weighted by Crippen LogP contribution is 2.34. The Labute approximate surface area is 123 Å². The van der Waals surface area contributed by atoms with Gasteiger partial charge < -0.3 is 5.11 Å². The highest BCUT2D eigenvalue weighted by atomic mass is 32.2. The van der Waals surface area contributed by atoms with Crippen molar-refractivity contribution in [3.05, 3.63) is 29.1 Å². The molecule has 0 aliphatic rings. The lowest BCUT2D eigenvalue weighted by Gasteiger charge is -2.09. The van der Waals surface area contributed by atoms with E-state index in [4.69, 9.17) is 0 Å². The first kappa shape index (κ1) is 16.2. The first-order chi connectivity index (χ1) is 9.74. The van der Waals surface area contributed by atoms with Crippen molar-refractivity contribution in [3.8, 4) is 0 Å². The molecule has 1 heterocycles. The number of hydrogen-bond donors (Lipinski definition) is 2. The third kappa shape index (κ3) is 3.73. The first-order valence-electron chi connectivity index (χ1n) is 5.92. The van der Waals surface area contributed by atoms with E-state index in [0.29, 0.717) is 10.1 Å². The van der Waals surface area contributed by atoms with Gasteiger partial charge in [0, 0.05) is 16.6 Å². The van der Waals surface area contributed by atoms with Crippen LogP contribution in [-0.2, 0) is 16.6 Å². The van der Waals surface area contributed by atoms with Crippen LogP contribution >= 0.6 is 11.3 Å². The predicted octanol–water partition coefficient (Wildman–Crippen LogP) is 2.62. The minimum absolute atomic E-state index is 0.146. The zero-order valence-electron chi connectivity index (χ0n) is 10.6. The minimum atomic E-state index is -4.43. The topological polar surface area (TPSA) is 66.4 Å². The zero-order valence-corrected chi connectivity index (χ0v) is 12.3. The van der Waals surface area contributed by atoms with E-state index < -0.39 is 35.8 Å². The molecule has 0 bridgehead atoms. The number of rotatable bonds is 5. The number of nitrogens with one attached hydrogen (secondary N) is 1. The summed E-state index contributed by atoms with van der Waals surface area (Å²) in [5.41, 5.74) is 0. The maximum Gasteiger partial charge on any atom is 0.390 e. The summed E-state index contributed by atoms with van der Waals surface area (Å²) in [6.45, 7) is -1.23. The number of halogens is 3. The molecule has 0 saturated heterocycles. The predicted molar refractivity (Wildman–Crippen MR) is 73.6 cm³/mol. The van der Waals surface area contributed by atoms with Crippen LogP contribution in [0.25, 0.3) is 10.1 Å². The molecular weight excluding hydrogens is 327 g/mol. The molecule has 0 unspecified atom stereocenters. The molecule has 2 N–H and O–H groups in total. The van der Waals surface area contributed by atoms with Crippen molar-refractivity contribution in [2.45, 2.75) is 24.1 Å². The second-order valence-corrected chi connectivity index (χ2v) is 7.11. The maximum atomic E-state index is 12.2. The summed E-state index contributed by atoms with van der Waals surface area (Å²) in [5, 5.41) is 9.67. The Morgan fingerprint density at radius 3 is 2.52 bits per heavy atom. The first-order valence-corrected chi connectivity index (χ1v) is 8.22. The van der Waals surface area contributed by atoms with Gasteiger partial charge in [0.05, 0.1) is 17.9 Å². The van der Waals surface area contributed by atoms with Crippen molar-refractivity contribution >= 4 is 31.4 Å². The van der Waals surface area contributed by atoms with Gasteiger partial charge in [-0.2, -0.15) is 13.2 Å². The second-order valence-electron chi connectivity index (χ2n) is 4.27. The van der Waals surface area contributed by atoms with Crippen molar-refractivity contribution in [3.63, 3.8) is 0 Å². The van der Waals surface area contributed by atoms with E-state index in [1.54, 1.807) is 24.3 Å². The summed E-state index contributed by atoms with van der Waals surface area (Å²) in [5.74, 6) is 0. The number of fused-ring (bicyclic) bond motifs is 1. The van der Waals surface area contributed by atoms with Crippen molar-refractivity contribution in [2.75, 3.05) is 6.54 Å². The molecule has 4 nitrogen and oxygen atoms in total. The molecule has 1 aromatic heterocycles. The van der Waals surface area contributed by atoms with E-state index in [0.717, 1.165) is 11.3 Å². The van der Waals surface area contributed by atoms with Crippen molar-refractivity contribution in [2.24, 2.45) is 0 Å². The Hall–Kier alpha value is -1.16. The molecule has 0 radical (unpaired) electrons. The normalized spacial score (nSPS) is 13.0. The van der Waals surface area contributed by atoms with Gasteiger partial charge in [0.1, 0.15) is 4.90 Å². The van der Waals surface area contributed by atoms with Gasteiger partial charge in [-0.05, 0) is 6.07 Å².